The fraction of sp³-hybridized carbons (Fsp3) is 0. The Labute approximate surface area is 315 Å². The second kappa shape index (κ2) is 11.5. The van der Waals surface area contributed by atoms with Crippen LogP contribution in [-0.2, 0) is 0 Å². The average molecular weight is 703 g/mol. The number of nitrogens with zero attached hydrogens (tertiary/aromatic N) is 4. The Kier molecular flexibility index (Phi) is 6.27. The zero-order valence-electron chi connectivity index (χ0n) is 29.5. The fourth-order valence-electron chi connectivity index (χ4n) is 8.84. The maximum absolute atomic E-state index is 6.93. The summed E-state index contributed by atoms with van der Waals surface area (Å²) in [5.41, 5.74) is 12.2. The minimum atomic E-state index is 0.634. The highest BCUT2D eigenvalue weighted by atomic mass is 16.3. The van der Waals surface area contributed by atoms with Gasteiger partial charge in [0.2, 0.25) is 5.95 Å². The van der Waals surface area contributed by atoms with Gasteiger partial charge in [-0.15, -0.1) is 0 Å². The molecule has 5 heteroatoms. The molecule has 0 fully saturated rings. The van der Waals surface area contributed by atoms with Crippen LogP contribution in [0, 0.1) is 0 Å². The monoisotopic (exact) mass is 702 g/mol. The first-order valence-corrected chi connectivity index (χ1v) is 18.6. The fourth-order valence-corrected chi connectivity index (χ4v) is 8.84. The van der Waals surface area contributed by atoms with Gasteiger partial charge >= 0.3 is 0 Å². The van der Waals surface area contributed by atoms with E-state index in [9.17, 15) is 0 Å². The second-order valence-corrected chi connectivity index (χ2v) is 14.1. The molecule has 0 bridgehead atoms. The van der Waals surface area contributed by atoms with Gasteiger partial charge in [-0.3, -0.25) is 4.57 Å². The third kappa shape index (κ3) is 4.29. The van der Waals surface area contributed by atoms with Crippen molar-refractivity contribution in [3.8, 4) is 34.0 Å². The van der Waals surface area contributed by atoms with Crippen LogP contribution in [0.3, 0.4) is 0 Å². The van der Waals surface area contributed by atoms with Gasteiger partial charge in [0.15, 0.2) is 0 Å². The van der Waals surface area contributed by atoms with E-state index in [1.165, 1.54) is 27.1 Å². The highest BCUT2D eigenvalue weighted by Crippen LogP contribution is 2.46. The van der Waals surface area contributed by atoms with Crippen molar-refractivity contribution in [2.75, 3.05) is 0 Å². The van der Waals surface area contributed by atoms with Crippen LogP contribution in [0.2, 0.25) is 0 Å². The smallest absolute Gasteiger partial charge is 0.235 e. The van der Waals surface area contributed by atoms with Crippen molar-refractivity contribution in [2.45, 2.75) is 0 Å². The second-order valence-electron chi connectivity index (χ2n) is 14.1. The summed E-state index contributed by atoms with van der Waals surface area (Å²) in [5.74, 6) is 0.634. The van der Waals surface area contributed by atoms with Crippen LogP contribution in [0.15, 0.2) is 186 Å². The van der Waals surface area contributed by atoms with E-state index in [1.807, 2.05) is 12.1 Å². The van der Waals surface area contributed by atoms with Crippen LogP contribution in [-0.4, -0.2) is 19.1 Å². The number of furan rings is 1. The summed E-state index contributed by atoms with van der Waals surface area (Å²) in [6.07, 6.45) is 0. The molecular weight excluding hydrogens is 673 g/mol. The lowest BCUT2D eigenvalue weighted by atomic mass is 9.93. The van der Waals surface area contributed by atoms with E-state index in [1.54, 1.807) is 0 Å². The van der Waals surface area contributed by atoms with Crippen LogP contribution >= 0.6 is 0 Å². The van der Waals surface area contributed by atoms with E-state index >= 15 is 0 Å². The number of aromatic nitrogens is 4. The van der Waals surface area contributed by atoms with Gasteiger partial charge in [-0.25, -0.2) is 9.97 Å². The van der Waals surface area contributed by atoms with Gasteiger partial charge in [-0.2, -0.15) is 0 Å². The molecule has 12 rings (SSSR count). The zero-order chi connectivity index (χ0) is 36.0. The van der Waals surface area contributed by atoms with Crippen LogP contribution < -0.4 is 0 Å². The summed E-state index contributed by atoms with van der Waals surface area (Å²) in [4.78, 5) is 10.7. The first kappa shape index (κ1) is 30.0. The molecule has 4 aromatic heterocycles. The van der Waals surface area contributed by atoms with Crippen LogP contribution in [0.5, 0.6) is 0 Å². The zero-order valence-corrected chi connectivity index (χ0v) is 29.5. The molecule has 0 N–H and O–H groups in total. The van der Waals surface area contributed by atoms with Crippen molar-refractivity contribution in [1.29, 1.82) is 0 Å². The maximum Gasteiger partial charge on any atom is 0.235 e. The standard InChI is InChI=1S/C50H30N4O/c1-2-15-31(16-3-1)53-43-26-12-7-20-37(43)46-34(22-14-27-44(46)53)35-29-30-39(47-38-21-8-13-28-45(38)55-49(35)47)48-36-19-4-9-23-40(36)51-50(52-48)54-41-24-10-5-17-32(41)33-18-6-11-25-42(33)54/h1-30H. The van der Waals surface area contributed by atoms with E-state index in [0.29, 0.717) is 5.95 Å². The molecule has 0 spiro atoms. The third-order valence-electron chi connectivity index (χ3n) is 11.2. The van der Waals surface area contributed by atoms with Gasteiger partial charge in [0, 0.05) is 54.5 Å². The molecule has 0 saturated carbocycles. The topological polar surface area (TPSA) is 48.8 Å². The number of benzene rings is 8. The van der Waals surface area contributed by atoms with E-state index < -0.39 is 0 Å². The molecule has 0 atom stereocenters. The molecule has 55 heavy (non-hydrogen) atoms. The summed E-state index contributed by atoms with van der Waals surface area (Å²) in [7, 11) is 0. The molecule has 0 aliphatic carbocycles. The lowest BCUT2D eigenvalue weighted by molar-refractivity contribution is 0.670. The van der Waals surface area contributed by atoms with Crippen molar-refractivity contribution in [3.63, 3.8) is 0 Å². The maximum atomic E-state index is 6.93. The van der Waals surface area contributed by atoms with E-state index in [-0.39, 0.29) is 0 Å². The summed E-state index contributed by atoms with van der Waals surface area (Å²) < 4.78 is 11.5. The van der Waals surface area contributed by atoms with Gasteiger partial charge in [0.25, 0.3) is 0 Å². The summed E-state index contributed by atoms with van der Waals surface area (Å²) in [6, 6.07) is 64.0. The average Bonchev–Trinajstić information content (AvgIpc) is 3.92. The van der Waals surface area contributed by atoms with Gasteiger partial charge in [-0.05, 0) is 60.2 Å². The number of fused-ring (bicyclic) bond motifs is 10. The van der Waals surface area contributed by atoms with Crippen molar-refractivity contribution >= 4 is 76.5 Å². The Morgan fingerprint density at radius 2 is 0.945 bits per heavy atom. The first-order valence-electron chi connectivity index (χ1n) is 18.6. The predicted octanol–water partition coefficient (Wildman–Crippen LogP) is 13.1. The minimum absolute atomic E-state index is 0.634. The van der Waals surface area contributed by atoms with E-state index in [4.69, 9.17) is 14.4 Å². The Bertz CT molecular complexity index is 3440. The van der Waals surface area contributed by atoms with E-state index in [2.05, 4.69) is 179 Å². The van der Waals surface area contributed by atoms with Crippen LogP contribution in [0.4, 0.5) is 0 Å². The molecular formula is C50H30N4O. The third-order valence-corrected chi connectivity index (χ3v) is 11.2. The highest BCUT2D eigenvalue weighted by molar-refractivity contribution is 6.22. The minimum Gasteiger partial charge on any atom is -0.455 e. The van der Waals surface area contributed by atoms with Gasteiger partial charge < -0.3 is 8.98 Å². The molecule has 0 saturated heterocycles. The van der Waals surface area contributed by atoms with Crippen molar-refractivity contribution < 1.29 is 4.42 Å². The van der Waals surface area contributed by atoms with Crippen molar-refractivity contribution in [3.05, 3.63) is 182 Å². The SMILES string of the molecule is c1ccc(-n2c3ccccc3c3c(-c4ccc(-c5nc(-n6c7ccccc7c7ccccc76)nc6ccccc56)c5c4oc4ccccc45)cccc32)cc1. The molecule has 256 valence electrons. The van der Waals surface area contributed by atoms with Crippen molar-refractivity contribution in [1.82, 2.24) is 19.1 Å². The van der Waals surface area contributed by atoms with Gasteiger partial charge in [0.05, 0.1) is 33.3 Å². The molecule has 0 amide bonds. The van der Waals surface area contributed by atoms with E-state index in [0.717, 1.165) is 77.5 Å². The molecule has 4 heterocycles. The lowest BCUT2D eigenvalue weighted by Crippen LogP contribution is -2.03. The molecule has 12 aromatic rings. The first-order chi connectivity index (χ1) is 27.3. The van der Waals surface area contributed by atoms with Crippen LogP contribution in [0.1, 0.15) is 0 Å². The number of hydrogen-bond donors (Lipinski definition) is 0. The normalized spacial score (nSPS) is 12.0. The summed E-state index contributed by atoms with van der Waals surface area (Å²) in [6.45, 7) is 0. The van der Waals surface area contributed by atoms with Gasteiger partial charge in [0.1, 0.15) is 11.2 Å². The predicted molar refractivity (Wildman–Crippen MR) is 226 cm³/mol. The number of rotatable bonds is 4. The largest absolute Gasteiger partial charge is 0.455 e. The molecule has 0 radical (unpaired) electrons. The van der Waals surface area contributed by atoms with Crippen LogP contribution in [0.25, 0.3) is 110 Å². The molecule has 5 nitrogen and oxygen atoms in total. The number of para-hydroxylation sites is 6. The summed E-state index contributed by atoms with van der Waals surface area (Å²) in [5, 5.41) is 7.81. The Hall–Kier alpha value is -7.50. The lowest BCUT2D eigenvalue weighted by Gasteiger charge is -2.14. The Morgan fingerprint density at radius 3 is 1.71 bits per heavy atom. The Balaban J connectivity index is 1.17. The number of hydrogen-bond acceptors (Lipinski definition) is 3. The molecule has 8 aromatic carbocycles. The highest BCUT2D eigenvalue weighted by Gasteiger charge is 2.24. The van der Waals surface area contributed by atoms with Crippen molar-refractivity contribution in [2.24, 2.45) is 0 Å². The van der Waals surface area contributed by atoms with Gasteiger partial charge in [-0.1, -0.05) is 127 Å². The summed E-state index contributed by atoms with van der Waals surface area (Å²) >= 11 is 0. The Morgan fingerprint density at radius 1 is 0.364 bits per heavy atom. The molecule has 0 unspecified atom stereocenters. The molecule has 0 aliphatic rings. The molecule has 0 aliphatic heterocycles. The quantitative estimate of drug-likeness (QED) is 0.183.